The third-order valence-corrected chi connectivity index (χ3v) is 5.95. The van der Waals surface area contributed by atoms with Crippen LogP contribution in [-0.2, 0) is 4.79 Å². The fraction of sp³-hybridized carbons (Fsp3) is 0.938. The van der Waals surface area contributed by atoms with Crippen molar-refractivity contribution in [3.8, 4) is 0 Å². The lowest BCUT2D eigenvalue weighted by atomic mass is 9.76. The van der Waals surface area contributed by atoms with Gasteiger partial charge in [0.1, 0.15) is 0 Å². The Kier molecular flexibility index (Phi) is 4.75. The number of likely N-dealkylation sites (tertiary alicyclic amines) is 1. The minimum absolute atomic E-state index is 0.254. The first-order valence-electron chi connectivity index (χ1n) is 8.14. The molecule has 1 aliphatic carbocycles. The van der Waals surface area contributed by atoms with Gasteiger partial charge < -0.3 is 16.0 Å². The van der Waals surface area contributed by atoms with Gasteiger partial charge in [-0.25, -0.2) is 0 Å². The van der Waals surface area contributed by atoms with Gasteiger partial charge in [-0.1, -0.05) is 12.8 Å². The van der Waals surface area contributed by atoms with E-state index in [9.17, 15) is 4.79 Å². The van der Waals surface area contributed by atoms with Crippen molar-refractivity contribution in [3.63, 3.8) is 0 Å². The third kappa shape index (κ3) is 3.17. The van der Waals surface area contributed by atoms with Gasteiger partial charge >= 0.3 is 0 Å². The molecular weight excluding hydrogens is 250 g/mol. The van der Waals surface area contributed by atoms with Crippen LogP contribution in [0.25, 0.3) is 0 Å². The van der Waals surface area contributed by atoms with Crippen molar-refractivity contribution in [2.75, 3.05) is 20.1 Å². The van der Waals surface area contributed by atoms with Crippen LogP contribution in [0.2, 0.25) is 0 Å². The van der Waals surface area contributed by atoms with Crippen LogP contribution in [0.15, 0.2) is 0 Å². The summed E-state index contributed by atoms with van der Waals surface area (Å²) in [6.07, 6.45) is 9.18. The number of rotatable bonds is 5. The molecule has 1 spiro atoms. The largest absolute Gasteiger partial charge is 0.368 e. The number of nitrogens with two attached hydrogens (primary N) is 1. The second-order valence-corrected chi connectivity index (χ2v) is 7.24. The van der Waals surface area contributed by atoms with Gasteiger partial charge in [0.05, 0.1) is 5.54 Å². The van der Waals surface area contributed by atoms with Crippen molar-refractivity contribution >= 4 is 5.91 Å². The molecule has 1 heterocycles. The first-order chi connectivity index (χ1) is 9.41. The Morgan fingerprint density at radius 2 is 1.85 bits per heavy atom. The first kappa shape index (κ1) is 15.8. The van der Waals surface area contributed by atoms with Crippen LogP contribution in [-0.4, -0.2) is 42.5 Å². The topological polar surface area (TPSA) is 58.4 Å². The van der Waals surface area contributed by atoms with Crippen molar-refractivity contribution in [1.29, 1.82) is 0 Å². The van der Waals surface area contributed by atoms with E-state index in [0.29, 0.717) is 11.5 Å². The lowest BCUT2D eigenvalue weighted by Crippen LogP contribution is -2.56. The van der Waals surface area contributed by atoms with Gasteiger partial charge in [0.25, 0.3) is 0 Å². The first-order valence-corrected chi connectivity index (χ1v) is 8.14. The highest BCUT2D eigenvalue weighted by molar-refractivity contribution is 5.84. The highest BCUT2D eigenvalue weighted by atomic mass is 16.1. The number of piperidine rings is 1. The van der Waals surface area contributed by atoms with Gasteiger partial charge in [0, 0.05) is 6.04 Å². The van der Waals surface area contributed by atoms with E-state index >= 15 is 0 Å². The van der Waals surface area contributed by atoms with Gasteiger partial charge in [0.15, 0.2) is 0 Å². The molecule has 1 aliphatic heterocycles. The average molecular weight is 281 g/mol. The number of likely N-dealkylation sites (N-methyl/N-ethyl adjacent to an activating group) is 1. The molecule has 3 N–H and O–H groups in total. The minimum atomic E-state index is -0.595. The highest BCUT2D eigenvalue weighted by Crippen LogP contribution is 2.46. The Hall–Kier alpha value is -0.610. The molecule has 4 nitrogen and oxygen atoms in total. The third-order valence-electron chi connectivity index (χ3n) is 5.95. The predicted molar refractivity (Wildman–Crippen MR) is 82.4 cm³/mol. The lowest BCUT2D eigenvalue weighted by Gasteiger charge is -2.43. The van der Waals surface area contributed by atoms with Gasteiger partial charge in [0.2, 0.25) is 5.91 Å². The zero-order chi connectivity index (χ0) is 14.8. The Labute approximate surface area is 123 Å². The fourth-order valence-electron chi connectivity index (χ4n) is 4.11. The quantitative estimate of drug-likeness (QED) is 0.809. The molecule has 0 aromatic rings. The molecule has 2 fully saturated rings. The summed E-state index contributed by atoms with van der Waals surface area (Å²) in [6, 6.07) is 0.402. The number of primary amides is 1. The monoisotopic (exact) mass is 281 g/mol. The van der Waals surface area contributed by atoms with Crippen molar-refractivity contribution in [2.45, 2.75) is 70.4 Å². The van der Waals surface area contributed by atoms with Crippen molar-refractivity contribution in [3.05, 3.63) is 0 Å². The second-order valence-electron chi connectivity index (χ2n) is 7.24. The van der Waals surface area contributed by atoms with Crippen molar-refractivity contribution in [2.24, 2.45) is 11.1 Å². The van der Waals surface area contributed by atoms with E-state index in [4.69, 9.17) is 5.73 Å². The van der Waals surface area contributed by atoms with E-state index in [1.54, 1.807) is 0 Å². The number of hydrogen-bond acceptors (Lipinski definition) is 3. The number of carbonyl (C=O) groups is 1. The molecule has 0 bridgehead atoms. The summed E-state index contributed by atoms with van der Waals surface area (Å²) in [5, 5.41) is 3.10. The Morgan fingerprint density at radius 1 is 1.30 bits per heavy atom. The molecule has 2 unspecified atom stereocenters. The lowest BCUT2D eigenvalue weighted by molar-refractivity contribution is -0.124. The molecule has 0 aromatic carbocycles. The van der Waals surface area contributed by atoms with Crippen LogP contribution >= 0.6 is 0 Å². The van der Waals surface area contributed by atoms with Crippen LogP contribution in [0.4, 0.5) is 0 Å². The number of nitrogens with one attached hydrogen (secondary N) is 1. The molecule has 2 atom stereocenters. The van der Waals surface area contributed by atoms with E-state index in [0.717, 1.165) is 6.42 Å². The molecule has 1 saturated heterocycles. The summed E-state index contributed by atoms with van der Waals surface area (Å²) < 4.78 is 0. The molecule has 2 aliphatic rings. The number of nitrogens with zero attached hydrogens (tertiary/aromatic N) is 1. The predicted octanol–water partition coefficient (Wildman–Crippen LogP) is 1.88. The summed E-state index contributed by atoms with van der Waals surface area (Å²) in [4.78, 5) is 14.2. The summed E-state index contributed by atoms with van der Waals surface area (Å²) >= 11 is 0. The van der Waals surface area contributed by atoms with Crippen molar-refractivity contribution < 1.29 is 4.79 Å². The van der Waals surface area contributed by atoms with Crippen LogP contribution in [0.3, 0.4) is 0 Å². The molecular formula is C16H31N3O. The van der Waals surface area contributed by atoms with Crippen LogP contribution in [0.5, 0.6) is 0 Å². The SMILES string of the molecule is CNC(C)(CC(C)N1CCC2(CCCC2)CC1)C(N)=O. The summed E-state index contributed by atoms with van der Waals surface area (Å²) in [6.45, 7) is 6.50. The maximum absolute atomic E-state index is 11.6. The smallest absolute Gasteiger partial charge is 0.237 e. The highest BCUT2D eigenvalue weighted by Gasteiger charge is 2.39. The zero-order valence-electron chi connectivity index (χ0n) is 13.4. The fourth-order valence-corrected chi connectivity index (χ4v) is 4.11. The Balaban J connectivity index is 1.88. The van der Waals surface area contributed by atoms with Crippen LogP contribution in [0, 0.1) is 5.41 Å². The van der Waals surface area contributed by atoms with Crippen LogP contribution < -0.4 is 11.1 Å². The minimum Gasteiger partial charge on any atom is -0.368 e. The van der Waals surface area contributed by atoms with Crippen LogP contribution in [0.1, 0.15) is 58.8 Å². The second kappa shape index (κ2) is 6.02. The summed E-state index contributed by atoms with van der Waals surface area (Å²) in [7, 11) is 1.82. The summed E-state index contributed by atoms with van der Waals surface area (Å²) in [5.41, 5.74) is 5.60. The molecule has 2 rings (SSSR count). The number of amides is 1. The number of hydrogen-bond donors (Lipinski definition) is 2. The molecule has 0 aromatic heterocycles. The van der Waals surface area contributed by atoms with Gasteiger partial charge in [-0.15, -0.1) is 0 Å². The molecule has 0 radical (unpaired) electrons. The average Bonchev–Trinajstić information content (AvgIpc) is 2.87. The molecule has 20 heavy (non-hydrogen) atoms. The van der Waals surface area contributed by atoms with E-state index in [1.165, 1.54) is 51.6 Å². The Bertz CT molecular complexity index is 342. The Morgan fingerprint density at radius 3 is 2.30 bits per heavy atom. The van der Waals surface area contributed by atoms with E-state index in [-0.39, 0.29) is 5.91 Å². The zero-order valence-corrected chi connectivity index (χ0v) is 13.4. The van der Waals surface area contributed by atoms with Gasteiger partial charge in [-0.2, -0.15) is 0 Å². The van der Waals surface area contributed by atoms with Gasteiger partial charge in [-0.05, 0) is 71.5 Å². The summed E-state index contributed by atoms with van der Waals surface area (Å²) in [5.74, 6) is -0.254. The van der Waals surface area contributed by atoms with Gasteiger partial charge in [-0.3, -0.25) is 4.79 Å². The maximum Gasteiger partial charge on any atom is 0.237 e. The van der Waals surface area contributed by atoms with E-state index in [2.05, 4.69) is 17.1 Å². The van der Waals surface area contributed by atoms with Crippen molar-refractivity contribution in [1.82, 2.24) is 10.2 Å². The van der Waals surface area contributed by atoms with E-state index in [1.807, 2.05) is 14.0 Å². The van der Waals surface area contributed by atoms with E-state index < -0.39 is 5.54 Å². The molecule has 116 valence electrons. The molecule has 4 heteroatoms. The normalized spacial score (nSPS) is 27.4. The molecule has 1 saturated carbocycles. The molecule has 1 amide bonds. The number of carbonyl (C=O) groups excluding carboxylic acids is 1. The standard InChI is InChI=1S/C16H31N3O/c1-13(12-15(2,18-3)14(17)20)19-10-8-16(9-11-19)6-4-5-7-16/h13,18H,4-12H2,1-3H3,(H2,17,20). The maximum atomic E-state index is 11.6.